The smallest absolute Gasteiger partial charge is 0.328 e. The fraction of sp³-hybridized carbons (Fsp3) is 0.357. The minimum atomic E-state index is -1.10. The van der Waals surface area contributed by atoms with Crippen LogP contribution >= 0.6 is 0 Å². The van der Waals surface area contributed by atoms with Crippen LogP contribution in [0.1, 0.15) is 12.0 Å². The molecule has 0 unspecified atom stereocenters. The molecule has 21 heavy (non-hydrogen) atoms. The van der Waals surface area contributed by atoms with Gasteiger partial charge < -0.3 is 14.7 Å². The molecule has 0 amide bonds. The summed E-state index contributed by atoms with van der Waals surface area (Å²) in [5.41, 5.74) is 0.907. The maximum absolute atomic E-state index is 11.2. The van der Waals surface area contributed by atoms with Gasteiger partial charge in [0.25, 0.3) is 5.69 Å². The third kappa shape index (κ3) is 5.23. The van der Waals surface area contributed by atoms with E-state index < -0.39 is 10.9 Å². The quantitative estimate of drug-likeness (QED) is 0.342. The second kappa shape index (κ2) is 8.01. The molecule has 1 N–H and O–H groups in total. The average molecular weight is 294 g/mol. The molecule has 0 spiro atoms. The Morgan fingerprint density at radius 1 is 1.52 bits per heavy atom. The van der Waals surface area contributed by atoms with Gasteiger partial charge in [0.2, 0.25) is 0 Å². The number of carboxylic acids is 1. The van der Waals surface area contributed by atoms with Gasteiger partial charge in [0.15, 0.2) is 0 Å². The van der Waals surface area contributed by atoms with Crippen molar-refractivity contribution in [3.05, 3.63) is 40.0 Å². The summed E-state index contributed by atoms with van der Waals surface area (Å²) < 4.78 is 4.95. The van der Waals surface area contributed by atoms with Crippen molar-refractivity contribution >= 4 is 23.4 Å². The Kier molecular flexibility index (Phi) is 6.35. The van der Waals surface area contributed by atoms with Gasteiger partial charge in [0.1, 0.15) is 5.69 Å². The van der Waals surface area contributed by atoms with E-state index in [2.05, 4.69) is 0 Å². The summed E-state index contributed by atoms with van der Waals surface area (Å²) in [7, 11) is 3.37. The summed E-state index contributed by atoms with van der Waals surface area (Å²) in [5.74, 6) is -1.10. The zero-order valence-electron chi connectivity index (χ0n) is 12.0. The van der Waals surface area contributed by atoms with Crippen molar-refractivity contribution in [1.29, 1.82) is 0 Å². The molecule has 7 nitrogen and oxygen atoms in total. The first kappa shape index (κ1) is 16.6. The lowest BCUT2D eigenvalue weighted by Crippen LogP contribution is -2.20. The number of nitrogens with zero attached hydrogens (tertiary/aromatic N) is 2. The van der Waals surface area contributed by atoms with Crippen LogP contribution in [0, 0.1) is 10.1 Å². The van der Waals surface area contributed by atoms with Crippen LogP contribution in [0.3, 0.4) is 0 Å². The Hall–Kier alpha value is -2.41. The minimum Gasteiger partial charge on any atom is -0.478 e. The van der Waals surface area contributed by atoms with Gasteiger partial charge in [0, 0.05) is 39.5 Å². The maximum Gasteiger partial charge on any atom is 0.328 e. The van der Waals surface area contributed by atoms with E-state index in [0.717, 1.165) is 12.5 Å². The molecule has 0 fully saturated rings. The summed E-state index contributed by atoms with van der Waals surface area (Å²) in [6, 6.07) is 4.63. The lowest BCUT2D eigenvalue weighted by atomic mass is 10.1. The van der Waals surface area contributed by atoms with E-state index in [1.807, 2.05) is 0 Å². The summed E-state index contributed by atoms with van der Waals surface area (Å²) >= 11 is 0. The van der Waals surface area contributed by atoms with Gasteiger partial charge in [0.05, 0.1) is 4.92 Å². The lowest BCUT2D eigenvalue weighted by molar-refractivity contribution is -0.384. The van der Waals surface area contributed by atoms with Gasteiger partial charge in [-0.3, -0.25) is 10.1 Å². The van der Waals surface area contributed by atoms with Crippen molar-refractivity contribution in [2.75, 3.05) is 32.2 Å². The normalized spacial score (nSPS) is 10.8. The number of aliphatic carboxylic acids is 1. The Morgan fingerprint density at radius 3 is 2.81 bits per heavy atom. The van der Waals surface area contributed by atoms with Gasteiger partial charge in [-0.05, 0) is 24.1 Å². The van der Waals surface area contributed by atoms with Crippen LogP contribution in [-0.2, 0) is 9.53 Å². The number of hydrogen-bond donors (Lipinski definition) is 1. The van der Waals surface area contributed by atoms with Crippen LogP contribution in [0.2, 0.25) is 0 Å². The van der Waals surface area contributed by atoms with Gasteiger partial charge in [-0.1, -0.05) is 6.07 Å². The largest absolute Gasteiger partial charge is 0.478 e. The number of carbonyl (C=O) groups is 1. The van der Waals surface area contributed by atoms with Crippen molar-refractivity contribution in [2.45, 2.75) is 6.42 Å². The van der Waals surface area contributed by atoms with Gasteiger partial charge in [-0.25, -0.2) is 4.79 Å². The summed E-state index contributed by atoms with van der Waals surface area (Å²) in [6.45, 7) is 1.20. The standard InChI is InChI=1S/C14H18N2O5/c1-15(8-3-9-21-2)12-6-4-11(5-7-14(17)18)10-13(12)16(19)20/h4-7,10H,3,8-9H2,1-2H3,(H,17,18). The first-order valence-corrected chi connectivity index (χ1v) is 6.35. The molecule has 114 valence electrons. The SMILES string of the molecule is COCCCN(C)c1ccc(C=CC(=O)O)cc1[N+](=O)[O-]. The maximum atomic E-state index is 11.2. The van der Waals surface area contributed by atoms with Crippen LogP contribution in [-0.4, -0.2) is 43.3 Å². The molecule has 0 heterocycles. The molecule has 0 saturated heterocycles. The van der Waals surface area contributed by atoms with Gasteiger partial charge >= 0.3 is 5.97 Å². The van der Waals surface area contributed by atoms with E-state index in [1.54, 1.807) is 31.2 Å². The molecule has 1 rings (SSSR count). The van der Waals surface area contributed by atoms with E-state index >= 15 is 0 Å². The second-order valence-electron chi connectivity index (χ2n) is 4.44. The molecule has 0 aromatic heterocycles. The molecule has 0 radical (unpaired) electrons. The number of ether oxygens (including phenoxy) is 1. The third-order valence-corrected chi connectivity index (χ3v) is 2.87. The van der Waals surface area contributed by atoms with Crippen LogP contribution < -0.4 is 4.90 Å². The van der Waals surface area contributed by atoms with Crippen molar-refractivity contribution < 1.29 is 19.6 Å². The number of anilines is 1. The molecule has 0 atom stereocenters. The molecule has 7 heteroatoms. The Morgan fingerprint density at radius 2 is 2.24 bits per heavy atom. The van der Waals surface area contributed by atoms with E-state index in [4.69, 9.17) is 9.84 Å². The van der Waals surface area contributed by atoms with Gasteiger partial charge in [-0.15, -0.1) is 0 Å². The summed E-state index contributed by atoms with van der Waals surface area (Å²) in [6.07, 6.45) is 3.02. The van der Waals surface area contributed by atoms with E-state index in [-0.39, 0.29) is 5.69 Å². The number of nitro groups is 1. The predicted octanol–water partition coefficient (Wildman–Crippen LogP) is 2.17. The number of carboxylic acid groups (broad SMARTS) is 1. The highest BCUT2D eigenvalue weighted by molar-refractivity contribution is 5.85. The van der Waals surface area contributed by atoms with E-state index in [0.29, 0.717) is 24.4 Å². The predicted molar refractivity (Wildman–Crippen MR) is 79.5 cm³/mol. The highest BCUT2D eigenvalue weighted by atomic mass is 16.6. The highest BCUT2D eigenvalue weighted by Gasteiger charge is 2.17. The second-order valence-corrected chi connectivity index (χ2v) is 4.44. The van der Waals surface area contributed by atoms with Crippen molar-refractivity contribution in [1.82, 2.24) is 0 Å². The first-order chi connectivity index (χ1) is 9.95. The number of hydrogen-bond acceptors (Lipinski definition) is 5. The molecular weight excluding hydrogens is 276 g/mol. The minimum absolute atomic E-state index is 0.0533. The Bertz CT molecular complexity index is 542. The van der Waals surface area contributed by atoms with Crippen LogP contribution in [0.4, 0.5) is 11.4 Å². The van der Waals surface area contributed by atoms with Crippen molar-refractivity contribution in [3.63, 3.8) is 0 Å². The fourth-order valence-electron chi connectivity index (χ4n) is 1.85. The fourth-order valence-corrected chi connectivity index (χ4v) is 1.85. The van der Waals surface area contributed by atoms with E-state index in [9.17, 15) is 14.9 Å². The summed E-state index contributed by atoms with van der Waals surface area (Å²) in [5, 5.41) is 19.7. The van der Waals surface area contributed by atoms with Crippen LogP contribution in [0.15, 0.2) is 24.3 Å². The topological polar surface area (TPSA) is 92.9 Å². The zero-order valence-corrected chi connectivity index (χ0v) is 12.0. The zero-order chi connectivity index (χ0) is 15.8. The molecule has 1 aromatic rings. The van der Waals surface area contributed by atoms with Crippen LogP contribution in [0.25, 0.3) is 6.08 Å². The van der Waals surface area contributed by atoms with E-state index in [1.165, 1.54) is 12.1 Å². The Balaban J connectivity index is 2.99. The molecule has 1 aromatic carbocycles. The molecule has 0 aliphatic carbocycles. The van der Waals surface area contributed by atoms with Gasteiger partial charge in [-0.2, -0.15) is 0 Å². The highest BCUT2D eigenvalue weighted by Crippen LogP contribution is 2.29. The molecule has 0 bridgehead atoms. The monoisotopic (exact) mass is 294 g/mol. The number of methoxy groups -OCH3 is 1. The Labute approximate surface area is 122 Å². The lowest BCUT2D eigenvalue weighted by Gasteiger charge is -2.19. The van der Waals surface area contributed by atoms with Crippen molar-refractivity contribution in [3.8, 4) is 0 Å². The number of nitro benzene ring substituents is 1. The molecule has 0 aliphatic rings. The number of rotatable bonds is 8. The molecular formula is C14H18N2O5. The van der Waals surface area contributed by atoms with Crippen LogP contribution in [0.5, 0.6) is 0 Å². The average Bonchev–Trinajstić information content (AvgIpc) is 2.44. The molecule has 0 aliphatic heterocycles. The van der Waals surface area contributed by atoms with Crippen molar-refractivity contribution in [2.24, 2.45) is 0 Å². The third-order valence-electron chi connectivity index (χ3n) is 2.87. The summed E-state index contributed by atoms with van der Waals surface area (Å²) in [4.78, 5) is 22.9. The first-order valence-electron chi connectivity index (χ1n) is 6.35. The number of benzene rings is 1. The molecule has 0 saturated carbocycles.